The molecule has 0 aromatic heterocycles. The number of benzene rings is 2. The van der Waals surface area contributed by atoms with Crippen LogP contribution in [0.1, 0.15) is 29.5 Å². The fraction of sp³-hybridized carbons (Fsp3) is 0.143. The quantitative estimate of drug-likeness (QED) is 0.731. The first-order chi connectivity index (χ1) is 11.9. The van der Waals surface area contributed by atoms with Crippen molar-refractivity contribution < 1.29 is 14.7 Å². The second-order valence-corrected chi connectivity index (χ2v) is 5.79. The smallest absolute Gasteiger partial charge is 0.303 e. The Morgan fingerprint density at radius 3 is 2.48 bits per heavy atom. The van der Waals surface area contributed by atoms with Crippen molar-refractivity contribution in [3.05, 3.63) is 77.9 Å². The molecule has 0 aliphatic carbocycles. The van der Waals surface area contributed by atoms with Crippen LogP contribution in [0, 0.1) is 6.92 Å². The lowest BCUT2D eigenvalue weighted by molar-refractivity contribution is -0.138. The molecule has 2 N–H and O–H groups in total. The van der Waals surface area contributed by atoms with Crippen LogP contribution >= 0.6 is 0 Å². The van der Waals surface area contributed by atoms with Crippen LogP contribution in [0.25, 0.3) is 11.6 Å². The summed E-state index contributed by atoms with van der Waals surface area (Å²) in [5.41, 5.74) is 4.77. The van der Waals surface area contributed by atoms with Crippen molar-refractivity contribution in [3.8, 4) is 0 Å². The van der Waals surface area contributed by atoms with Crippen LogP contribution in [-0.2, 0) is 9.59 Å². The van der Waals surface area contributed by atoms with Crippen molar-refractivity contribution >= 4 is 29.2 Å². The lowest BCUT2D eigenvalue weighted by Gasteiger charge is -2.06. The van der Waals surface area contributed by atoms with E-state index in [1.807, 2.05) is 36.4 Å². The number of anilines is 1. The largest absolute Gasteiger partial charge is 0.481 e. The van der Waals surface area contributed by atoms with Gasteiger partial charge in [-0.05, 0) is 35.8 Å². The van der Waals surface area contributed by atoms with E-state index < -0.39 is 5.97 Å². The first-order valence-electron chi connectivity index (χ1n) is 8.00. The number of aryl methyl sites for hydroxylation is 1. The molecule has 0 radical (unpaired) electrons. The number of rotatable bonds is 7. The number of carbonyl (C=O) groups excluding carboxylic acids is 1. The van der Waals surface area contributed by atoms with Crippen molar-refractivity contribution in [2.45, 2.75) is 19.8 Å². The predicted octanol–water partition coefficient (Wildman–Crippen LogP) is 4.52. The van der Waals surface area contributed by atoms with Crippen LogP contribution in [0.2, 0.25) is 0 Å². The first-order valence-corrected chi connectivity index (χ1v) is 8.00. The molecule has 0 bridgehead atoms. The van der Waals surface area contributed by atoms with Gasteiger partial charge in [0.25, 0.3) is 0 Å². The molecule has 128 valence electrons. The molecule has 4 nitrogen and oxygen atoms in total. The third-order valence-electron chi connectivity index (χ3n) is 3.62. The Morgan fingerprint density at radius 1 is 1.12 bits per heavy atom. The molecule has 4 heteroatoms. The minimum atomic E-state index is -0.984. The van der Waals surface area contributed by atoms with Crippen LogP contribution in [0.3, 0.4) is 0 Å². The Kier molecular flexibility index (Phi) is 6.29. The number of carbonyl (C=O) groups is 2. The molecule has 0 aliphatic heterocycles. The molecule has 2 aromatic carbocycles. The van der Waals surface area contributed by atoms with E-state index in [-0.39, 0.29) is 18.7 Å². The molecular weight excluding hydrogens is 314 g/mol. The van der Waals surface area contributed by atoms with E-state index in [1.54, 1.807) is 12.1 Å². The Morgan fingerprint density at radius 2 is 1.84 bits per heavy atom. The number of allylic oxidation sites excluding steroid dienone is 2. The number of nitrogens with one attached hydrogen (secondary N) is 1. The van der Waals surface area contributed by atoms with E-state index in [0.717, 1.165) is 16.7 Å². The summed E-state index contributed by atoms with van der Waals surface area (Å²) in [6.07, 6.45) is 3.75. The third-order valence-corrected chi connectivity index (χ3v) is 3.62. The van der Waals surface area contributed by atoms with Gasteiger partial charge in [-0.2, -0.15) is 0 Å². The van der Waals surface area contributed by atoms with Gasteiger partial charge in [0.2, 0.25) is 5.91 Å². The van der Waals surface area contributed by atoms with Crippen LogP contribution in [0.4, 0.5) is 5.69 Å². The van der Waals surface area contributed by atoms with E-state index in [1.165, 1.54) is 5.56 Å². The van der Waals surface area contributed by atoms with E-state index in [9.17, 15) is 9.59 Å². The molecule has 2 aromatic rings. The fourth-order valence-corrected chi connectivity index (χ4v) is 2.28. The molecule has 0 unspecified atom stereocenters. The molecule has 0 heterocycles. The topological polar surface area (TPSA) is 66.4 Å². The minimum absolute atomic E-state index is 0.0387. The van der Waals surface area contributed by atoms with Gasteiger partial charge in [-0.1, -0.05) is 60.7 Å². The van der Waals surface area contributed by atoms with Crippen molar-refractivity contribution in [2.75, 3.05) is 5.32 Å². The number of aliphatic carboxylic acids is 1. The summed E-state index contributed by atoms with van der Waals surface area (Å²) in [5, 5.41) is 11.3. The first kappa shape index (κ1) is 18.2. The highest BCUT2D eigenvalue weighted by molar-refractivity contribution is 5.92. The molecule has 0 fully saturated rings. The zero-order chi connectivity index (χ0) is 18.2. The van der Waals surface area contributed by atoms with Crippen molar-refractivity contribution in [1.82, 2.24) is 0 Å². The van der Waals surface area contributed by atoms with Crippen molar-refractivity contribution in [2.24, 2.45) is 0 Å². The average molecular weight is 335 g/mol. The highest BCUT2D eigenvalue weighted by atomic mass is 16.4. The van der Waals surface area contributed by atoms with Crippen molar-refractivity contribution in [1.29, 1.82) is 0 Å². The highest BCUT2D eigenvalue weighted by Crippen LogP contribution is 2.19. The lowest BCUT2D eigenvalue weighted by Crippen LogP contribution is -2.13. The van der Waals surface area contributed by atoms with E-state index in [2.05, 4.69) is 31.0 Å². The Balaban J connectivity index is 1.95. The standard InChI is InChI=1S/C21H21NO3/c1-15-4-3-5-17(14-15)7-6-16(2)18-8-10-19(11-9-18)22-20(23)12-13-21(24)25/h3-11,14H,2,12-13H2,1H3,(H,22,23)(H,24,25)/b7-6+. The molecule has 0 spiro atoms. The Labute approximate surface area is 147 Å². The summed E-state index contributed by atoms with van der Waals surface area (Å²) in [5.74, 6) is -1.30. The summed E-state index contributed by atoms with van der Waals surface area (Å²) in [4.78, 5) is 22.1. The van der Waals surface area contributed by atoms with E-state index in [0.29, 0.717) is 5.69 Å². The minimum Gasteiger partial charge on any atom is -0.481 e. The molecule has 0 saturated heterocycles. The zero-order valence-corrected chi connectivity index (χ0v) is 14.2. The number of hydrogen-bond acceptors (Lipinski definition) is 2. The van der Waals surface area contributed by atoms with Gasteiger partial charge in [-0.15, -0.1) is 0 Å². The summed E-state index contributed by atoms with van der Waals surface area (Å²) >= 11 is 0. The Hall–Kier alpha value is -3.14. The summed E-state index contributed by atoms with van der Waals surface area (Å²) in [7, 11) is 0. The summed E-state index contributed by atoms with van der Waals surface area (Å²) < 4.78 is 0. The molecule has 25 heavy (non-hydrogen) atoms. The zero-order valence-electron chi connectivity index (χ0n) is 14.2. The molecule has 0 atom stereocenters. The molecular formula is C21H21NO3. The fourth-order valence-electron chi connectivity index (χ4n) is 2.28. The maximum absolute atomic E-state index is 11.6. The molecule has 0 aliphatic rings. The number of hydrogen-bond donors (Lipinski definition) is 2. The van der Waals surface area contributed by atoms with E-state index in [4.69, 9.17) is 5.11 Å². The normalized spacial score (nSPS) is 10.6. The maximum Gasteiger partial charge on any atom is 0.303 e. The molecule has 1 amide bonds. The van der Waals surface area contributed by atoms with Gasteiger partial charge in [-0.3, -0.25) is 9.59 Å². The SMILES string of the molecule is C=C(/C=C/c1cccc(C)c1)c1ccc(NC(=O)CCC(=O)O)cc1. The van der Waals surface area contributed by atoms with Gasteiger partial charge >= 0.3 is 5.97 Å². The molecule has 2 rings (SSSR count). The van der Waals surface area contributed by atoms with Gasteiger partial charge in [0, 0.05) is 12.1 Å². The van der Waals surface area contributed by atoms with Gasteiger partial charge in [-0.25, -0.2) is 0 Å². The highest BCUT2D eigenvalue weighted by Gasteiger charge is 2.06. The second-order valence-electron chi connectivity index (χ2n) is 5.79. The Bertz CT molecular complexity index is 804. The van der Waals surface area contributed by atoms with Gasteiger partial charge in [0.15, 0.2) is 0 Å². The summed E-state index contributed by atoms with van der Waals surface area (Å²) in [6, 6.07) is 15.5. The van der Waals surface area contributed by atoms with E-state index >= 15 is 0 Å². The van der Waals surface area contributed by atoms with Crippen LogP contribution in [0.5, 0.6) is 0 Å². The number of carboxylic acid groups (broad SMARTS) is 1. The van der Waals surface area contributed by atoms with Crippen LogP contribution in [-0.4, -0.2) is 17.0 Å². The van der Waals surface area contributed by atoms with Crippen LogP contribution in [0.15, 0.2) is 61.2 Å². The summed E-state index contributed by atoms with van der Waals surface area (Å²) in [6.45, 7) is 6.11. The van der Waals surface area contributed by atoms with Crippen LogP contribution < -0.4 is 5.32 Å². The number of amides is 1. The average Bonchev–Trinajstić information content (AvgIpc) is 2.58. The second kappa shape index (κ2) is 8.64. The molecule has 0 saturated carbocycles. The monoisotopic (exact) mass is 335 g/mol. The van der Waals surface area contributed by atoms with Gasteiger partial charge in [0.05, 0.1) is 6.42 Å². The van der Waals surface area contributed by atoms with Crippen molar-refractivity contribution in [3.63, 3.8) is 0 Å². The number of carboxylic acids is 1. The van der Waals surface area contributed by atoms with Gasteiger partial charge in [0.1, 0.15) is 0 Å². The lowest BCUT2D eigenvalue weighted by atomic mass is 10.0. The maximum atomic E-state index is 11.6. The van der Waals surface area contributed by atoms with Gasteiger partial charge < -0.3 is 10.4 Å². The predicted molar refractivity (Wildman–Crippen MR) is 101 cm³/mol. The third kappa shape index (κ3) is 6.11.